The summed E-state index contributed by atoms with van der Waals surface area (Å²) in [6.45, 7) is 1.92. The Hall–Kier alpha value is -2.35. The maximum absolute atomic E-state index is 12.5. The SMILES string of the molecule is Cc1cc(NC(=O)c2ccc(NS(=O)(=O)c3ccccc3)c(Cl)c2)ccc1Br. The normalized spacial score (nSPS) is 11.1. The zero-order valence-electron chi connectivity index (χ0n) is 14.7. The number of nitrogens with one attached hydrogen (secondary N) is 2. The van der Waals surface area contributed by atoms with E-state index in [2.05, 4.69) is 26.0 Å². The summed E-state index contributed by atoms with van der Waals surface area (Å²) in [5.74, 6) is -0.346. The van der Waals surface area contributed by atoms with Gasteiger partial charge in [-0.05, 0) is 61.0 Å². The Morgan fingerprint density at radius 3 is 2.36 bits per heavy atom. The molecule has 3 aromatic carbocycles. The van der Waals surface area contributed by atoms with Crippen LogP contribution < -0.4 is 10.0 Å². The van der Waals surface area contributed by atoms with E-state index in [1.54, 1.807) is 24.3 Å². The van der Waals surface area contributed by atoms with Crippen LogP contribution in [0.2, 0.25) is 5.02 Å². The van der Waals surface area contributed by atoms with Gasteiger partial charge in [0.05, 0.1) is 15.6 Å². The second kappa shape index (κ2) is 8.34. The number of aryl methyl sites for hydroxylation is 1. The first-order chi connectivity index (χ1) is 13.3. The Balaban J connectivity index is 1.78. The van der Waals surface area contributed by atoms with Crippen molar-refractivity contribution in [2.45, 2.75) is 11.8 Å². The summed E-state index contributed by atoms with van der Waals surface area (Å²) in [6.07, 6.45) is 0. The van der Waals surface area contributed by atoms with Crippen LogP contribution in [-0.4, -0.2) is 14.3 Å². The Morgan fingerprint density at radius 2 is 1.71 bits per heavy atom. The Morgan fingerprint density at radius 1 is 1.00 bits per heavy atom. The standard InChI is InChI=1S/C20H16BrClN2O3S/c1-13-11-15(8-9-17(13)21)23-20(25)14-7-10-19(18(22)12-14)24-28(26,27)16-5-3-2-4-6-16/h2-12,24H,1H3,(H,23,25). The number of anilines is 2. The van der Waals surface area contributed by atoms with E-state index in [0.29, 0.717) is 11.3 Å². The minimum absolute atomic E-state index is 0.124. The highest BCUT2D eigenvalue weighted by atomic mass is 79.9. The minimum Gasteiger partial charge on any atom is -0.322 e. The van der Waals surface area contributed by atoms with Crippen molar-refractivity contribution in [3.05, 3.63) is 87.4 Å². The molecule has 28 heavy (non-hydrogen) atoms. The zero-order valence-corrected chi connectivity index (χ0v) is 17.9. The fourth-order valence-corrected chi connectivity index (χ4v) is 4.10. The van der Waals surface area contributed by atoms with Crippen LogP contribution >= 0.6 is 27.5 Å². The molecule has 0 saturated heterocycles. The lowest BCUT2D eigenvalue weighted by molar-refractivity contribution is 0.102. The van der Waals surface area contributed by atoms with E-state index in [4.69, 9.17) is 11.6 Å². The molecule has 8 heteroatoms. The largest absolute Gasteiger partial charge is 0.322 e. The van der Waals surface area contributed by atoms with Gasteiger partial charge >= 0.3 is 0 Å². The fraction of sp³-hybridized carbons (Fsp3) is 0.0500. The van der Waals surface area contributed by atoms with E-state index in [-0.39, 0.29) is 21.5 Å². The maximum atomic E-state index is 12.5. The minimum atomic E-state index is -3.77. The topological polar surface area (TPSA) is 75.3 Å². The average Bonchev–Trinajstić information content (AvgIpc) is 2.67. The second-order valence-electron chi connectivity index (χ2n) is 6.03. The molecule has 0 heterocycles. The average molecular weight is 480 g/mol. The molecule has 1 amide bonds. The summed E-state index contributed by atoms with van der Waals surface area (Å²) in [6, 6.07) is 17.8. The molecule has 0 radical (unpaired) electrons. The lowest BCUT2D eigenvalue weighted by Gasteiger charge is -2.11. The maximum Gasteiger partial charge on any atom is 0.261 e. The highest BCUT2D eigenvalue weighted by Gasteiger charge is 2.16. The third-order valence-electron chi connectivity index (χ3n) is 3.94. The Kier molecular flexibility index (Phi) is 6.07. The molecule has 144 valence electrons. The van der Waals surface area contributed by atoms with Crippen molar-refractivity contribution in [2.24, 2.45) is 0 Å². The molecule has 3 aromatic rings. The number of carbonyl (C=O) groups is 1. The Bertz CT molecular complexity index is 1140. The molecule has 0 atom stereocenters. The molecule has 0 spiro atoms. The third-order valence-corrected chi connectivity index (χ3v) is 6.53. The fourth-order valence-electron chi connectivity index (χ4n) is 2.47. The van der Waals surface area contributed by atoms with Gasteiger partial charge in [-0.2, -0.15) is 0 Å². The van der Waals surface area contributed by atoms with E-state index < -0.39 is 10.0 Å². The number of rotatable bonds is 5. The van der Waals surface area contributed by atoms with Crippen LogP contribution in [0.4, 0.5) is 11.4 Å². The van der Waals surface area contributed by atoms with E-state index in [0.717, 1.165) is 10.0 Å². The highest BCUT2D eigenvalue weighted by molar-refractivity contribution is 9.10. The first kappa shape index (κ1) is 20.4. The number of sulfonamides is 1. The van der Waals surface area contributed by atoms with Crippen LogP contribution in [0.25, 0.3) is 0 Å². The lowest BCUT2D eigenvalue weighted by atomic mass is 10.1. The van der Waals surface area contributed by atoms with Crippen LogP contribution in [0.1, 0.15) is 15.9 Å². The molecular formula is C20H16BrClN2O3S. The molecule has 3 rings (SSSR count). The first-order valence-electron chi connectivity index (χ1n) is 8.21. The highest BCUT2D eigenvalue weighted by Crippen LogP contribution is 2.27. The Labute approximate surface area is 176 Å². The van der Waals surface area contributed by atoms with E-state index in [1.165, 1.54) is 30.3 Å². The predicted octanol–water partition coefficient (Wildman–Crippen LogP) is 5.46. The number of halogens is 2. The predicted molar refractivity (Wildman–Crippen MR) is 116 cm³/mol. The van der Waals surface area contributed by atoms with Gasteiger partial charge in [-0.3, -0.25) is 9.52 Å². The van der Waals surface area contributed by atoms with Crippen LogP contribution in [0, 0.1) is 6.92 Å². The quantitative estimate of drug-likeness (QED) is 0.510. The number of hydrogen-bond acceptors (Lipinski definition) is 3. The van der Waals surface area contributed by atoms with Gasteiger partial charge in [0.15, 0.2) is 0 Å². The number of amides is 1. The molecule has 0 saturated carbocycles. The van der Waals surface area contributed by atoms with E-state index in [1.807, 2.05) is 19.1 Å². The first-order valence-corrected chi connectivity index (χ1v) is 10.9. The molecule has 0 bridgehead atoms. The molecule has 0 aliphatic heterocycles. The van der Waals surface area contributed by atoms with Gasteiger partial charge in [0.1, 0.15) is 0 Å². The van der Waals surface area contributed by atoms with Gasteiger partial charge in [0, 0.05) is 15.7 Å². The van der Waals surface area contributed by atoms with Crippen molar-refractivity contribution in [3.8, 4) is 0 Å². The van der Waals surface area contributed by atoms with Crippen molar-refractivity contribution in [1.82, 2.24) is 0 Å². The summed E-state index contributed by atoms with van der Waals surface area (Å²) in [5, 5.41) is 2.91. The number of benzene rings is 3. The molecule has 2 N–H and O–H groups in total. The summed E-state index contributed by atoms with van der Waals surface area (Å²) in [7, 11) is -3.77. The molecule has 0 unspecified atom stereocenters. The smallest absolute Gasteiger partial charge is 0.261 e. The summed E-state index contributed by atoms with van der Waals surface area (Å²) < 4.78 is 28.2. The van der Waals surface area contributed by atoms with Gasteiger partial charge in [0.2, 0.25) is 0 Å². The lowest BCUT2D eigenvalue weighted by Crippen LogP contribution is -2.14. The number of carbonyl (C=O) groups excluding carboxylic acids is 1. The molecule has 0 aliphatic rings. The van der Waals surface area contributed by atoms with Gasteiger partial charge in [-0.25, -0.2) is 8.42 Å². The van der Waals surface area contributed by atoms with Gasteiger partial charge < -0.3 is 5.32 Å². The van der Waals surface area contributed by atoms with E-state index in [9.17, 15) is 13.2 Å². The molecule has 5 nitrogen and oxygen atoms in total. The van der Waals surface area contributed by atoms with Crippen LogP contribution in [-0.2, 0) is 10.0 Å². The van der Waals surface area contributed by atoms with Crippen molar-refractivity contribution >= 4 is 54.8 Å². The molecule has 0 fully saturated rings. The molecular weight excluding hydrogens is 464 g/mol. The van der Waals surface area contributed by atoms with Crippen molar-refractivity contribution in [2.75, 3.05) is 10.0 Å². The zero-order chi connectivity index (χ0) is 20.3. The van der Waals surface area contributed by atoms with Crippen LogP contribution in [0.5, 0.6) is 0 Å². The second-order valence-corrected chi connectivity index (χ2v) is 8.98. The van der Waals surface area contributed by atoms with E-state index >= 15 is 0 Å². The molecule has 0 aromatic heterocycles. The summed E-state index contributed by atoms with van der Waals surface area (Å²) >= 11 is 9.62. The van der Waals surface area contributed by atoms with Gasteiger partial charge in [-0.15, -0.1) is 0 Å². The summed E-state index contributed by atoms with van der Waals surface area (Å²) in [4.78, 5) is 12.6. The summed E-state index contributed by atoms with van der Waals surface area (Å²) in [5.41, 5.74) is 2.15. The third kappa shape index (κ3) is 4.73. The van der Waals surface area contributed by atoms with Crippen molar-refractivity contribution in [1.29, 1.82) is 0 Å². The van der Waals surface area contributed by atoms with Gasteiger partial charge in [0.25, 0.3) is 15.9 Å². The monoisotopic (exact) mass is 478 g/mol. The van der Waals surface area contributed by atoms with Crippen LogP contribution in [0.3, 0.4) is 0 Å². The van der Waals surface area contributed by atoms with Gasteiger partial charge in [-0.1, -0.05) is 45.7 Å². The number of hydrogen-bond donors (Lipinski definition) is 2. The molecule has 0 aliphatic carbocycles. The van der Waals surface area contributed by atoms with Crippen molar-refractivity contribution < 1.29 is 13.2 Å². The van der Waals surface area contributed by atoms with Crippen LogP contribution in [0.15, 0.2) is 76.1 Å². The van der Waals surface area contributed by atoms with Crippen molar-refractivity contribution in [3.63, 3.8) is 0 Å².